The summed E-state index contributed by atoms with van der Waals surface area (Å²) in [5.41, 5.74) is 0. The van der Waals surface area contributed by atoms with E-state index >= 15 is 0 Å². The summed E-state index contributed by atoms with van der Waals surface area (Å²) < 4.78 is 21.0. The summed E-state index contributed by atoms with van der Waals surface area (Å²) in [6.45, 7) is 7.41. The van der Waals surface area contributed by atoms with Crippen molar-refractivity contribution in [1.82, 2.24) is 16.0 Å². The minimum atomic E-state index is -0.233. The molecule has 0 saturated carbocycles. The lowest BCUT2D eigenvalue weighted by molar-refractivity contribution is -0.127. The van der Waals surface area contributed by atoms with E-state index < -0.39 is 0 Å². The first kappa shape index (κ1) is 27.2. The Morgan fingerprint density at radius 3 is 1.52 bits per heavy atom. The van der Waals surface area contributed by atoms with E-state index in [1.165, 1.54) is 0 Å². The van der Waals surface area contributed by atoms with Crippen molar-refractivity contribution in [3.8, 4) is 0 Å². The number of unbranched alkanes of at least 4 members (excludes halogenated alkanes) is 1. The van der Waals surface area contributed by atoms with E-state index in [2.05, 4.69) is 22.9 Å². The van der Waals surface area contributed by atoms with Gasteiger partial charge in [-0.2, -0.15) is 0 Å². The van der Waals surface area contributed by atoms with Crippen molar-refractivity contribution in [2.75, 3.05) is 72.5 Å². The topological polar surface area (TPSA) is 124 Å². The maximum atomic E-state index is 11.6. The fraction of sp³-hybridized carbons (Fsp3) is 0.842. The first-order valence-electron chi connectivity index (χ1n) is 10.2. The molecule has 0 fully saturated rings. The lowest BCUT2D eigenvalue weighted by Gasteiger charge is -2.08. The quantitative estimate of drug-likeness (QED) is 0.230. The molecule has 0 bridgehead atoms. The van der Waals surface area contributed by atoms with Crippen LogP contribution in [-0.4, -0.2) is 90.2 Å². The van der Waals surface area contributed by atoms with Crippen LogP contribution >= 0.6 is 0 Å². The second-order valence-electron chi connectivity index (χ2n) is 6.09. The van der Waals surface area contributed by atoms with Gasteiger partial charge in [-0.05, 0) is 6.42 Å². The average Bonchev–Trinajstić information content (AvgIpc) is 2.71. The van der Waals surface area contributed by atoms with Gasteiger partial charge in [0, 0.05) is 26.1 Å². The molecule has 170 valence electrons. The number of ether oxygens (including phenoxy) is 4. The van der Waals surface area contributed by atoms with Crippen LogP contribution in [0, 0.1) is 0 Å². The van der Waals surface area contributed by atoms with Gasteiger partial charge < -0.3 is 34.9 Å². The average molecular weight is 420 g/mol. The van der Waals surface area contributed by atoms with Crippen molar-refractivity contribution in [1.29, 1.82) is 0 Å². The minimum Gasteiger partial charge on any atom is -0.377 e. The Morgan fingerprint density at radius 2 is 1.03 bits per heavy atom. The van der Waals surface area contributed by atoms with Crippen LogP contribution < -0.4 is 16.0 Å². The summed E-state index contributed by atoms with van der Waals surface area (Å²) in [5.74, 6) is -0.369. The standard InChI is InChI=1S/C19H37N3O7/c1-3-5-6-20-18(24)15-28-13-12-27-10-8-22-19(25)16-29-14-11-26-9-7-21-17(23)4-2/h3-16H2,1-2H3,(H,20,24)(H,21,23)(H,22,25). The highest BCUT2D eigenvalue weighted by Crippen LogP contribution is 1.84. The molecule has 0 rings (SSSR count). The Hall–Kier alpha value is -1.75. The van der Waals surface area contributed by atoms with Crippen LogP contribution in [0.15, 0.2) is 0 Å². The lowest BCUT2D eigenvalue weighted by Crippen LogP contribution is -2.31. The van der Waals surface area contributed by atoms with Gasteiger partial charge in [0.25, 0.3) is 0 Å². The molecule has 0 aliphatic rings. The summed E-state index contributed by atoms with van der Waals surface area (Å²) in [7, 11) is 0. The number of nitrogens with one attached hydrogen (secondary N) is 3. The van der Waals surface area contributed by atoms with Crippen molar-refractivity contribution < 1.29 is 33.3 Å². The van der Waals surface area contributed by atoms with Gasteiger partial charge in [-0.25, -0.2) is 0 Å². The molecule has 0 aromatic heterocycles. The summed E-state index contributed by atoms with van der Waals surface area (Å²) >= 11 is 0. The van der Waals surface area contributed by atoms with E-state index in [0.717, 1.165) is 12.8 Å². The van der Waals surface area contributed by atoms with Crippen molar-refractivity contribution >= 4 is 17.7 Å². The van der Waals surface area contributed by atoms with E-state index in [-0.39, 0.29) is 30.9 Å². The molecule has 29 heavy (non-hydrogen) atoms. The highest BCUT2D eigenvalue weighted by atomic mass is 16.5. The molecule has 0 atom stereocenters. The molecule has 0 aromatic rings. The van der Waals surface area contributed by atoms with Crippen LogP contribution in [0.2, 0.25) is 0 Å². The third-order valence-corrected chi connectivity index (χ3v) is 3.52. The zero-order valence-electron chi connectivity index (χ0n) is 17.8. The van der Waals surface area contributed by atoms with Gasteiger partial charge in [-0.15, -0.1) is 0 Å². The van der Waals surface area contributed by atoms with Gasteiger partial charge in [-0.3, -0.25) is 14.4 Å². The zero-order valence-corrected chi connectivity index (χ0v) is 17.8. The maximum absolute atomic E-state index is 11.6. The predicted octanol–water partition coefficient (Wildman–Crippen LogP) is -0.388. The molecule has 0 aliphatic carbocycles. The number of carbonyl (C=O) groups excluding carboxylic acids is 3. The normalized spacial score (nSPS) is 10.6. The van der Waals surface area contributed by atoms with Crippen LogP contribution in [0.1, 0.15) is 33.1 Å². The summed E-state index contributed by atoms with van der Waals surface area (Å²) in [6, 6.07) is 0. The van der Waals surface area contributed by atoms with Crippen molar-refractivity contribution in [2.45, 2.75) is 33.1 Å². The van der Waals surface area contributed by atoms with Gasteiger partial charge in [0.15, 0.2) is 0 Å². The van der Waals surface area contributed by atoms with Gasteiger partial charge >= 0.3 is 0 Å². The van der Waals surface area contributed by atoms with Crippen LogP contribution in [0.3, 0.4) is 0 Å². The smallest absolute Gasteiger partial charge is 0.246 e. The van der Waals surface area contributed by atoms with E-state index in [1.54, 1.807) is 6.92 Å². The molecule has 0 radical (unpaired) electrons. The molecule has 10 heteroatoms. The van der Waals surface area contributed by atoms with E-state index in [1.807, 2.05) is 0 Å². The Morgan fingerprint density at radius 1 is 0.586 bits per heavy atom. The SMILES string of the molecule is CCCCNC(=O)COCCOCCNC(=O)COCCOCCNC(=O)CC. The first-order valence-corrected chi connectivity index (χ1v) is 10.2. The highest BCUT2D eigenvalue weighted by Gasteiger charge is 2.02. The molecule has 0 saturated heterocycles. The Labute approximate surface area is 173 Å². The second-order valence-corrected chi connectivity index (χ2v) is 6.09. The number of amides is 3. The van der Waals surface area contributed by atoms with Gasteiger partial charge in [0.05, 0.1) is 39.6 Å². The summed E-state index contributed by atoms with van der Waals surface area (Å²) in [6.07, 6.45) is 2.45. The van der Waals surface area contributed by atoms with Crippen LogP contribution in [0.5, 0.6) is 0 Å². The number of hydrogen-bond acceptors (Lipinski definition) is 7. The molecule has 3 N–H and O–H groups in total. The monoisotopic (exact) mass is 419 g/mol. The fourth-order valence-electron chi connectivity index (χ4n) is 1.93. The minimum absolute atomic E-state index is 0.0109. The van der Waals surface area contributed by atoms with E-state index in [4.69, 9.17) is 18.9 Å². The van der Waals surface area contributed by atoms with E-state index in [9.17, 15) is 14.4 Å². The number of rotatable bonds is 20. The predicted molar refractivity (Wildman–Crippen MR) is 108 cm³/mol. The zero-order chi connectivity index (χ0) is 21.6. The van der Waals surface area contributed by atoms with E-state index in [0.29, 0.717) is 65.7 Å². The molecular weight excluding hydrogens is 382 g/mol. The van der Waals surface area contributed by atoms with Crippen LogP contribution in [0.25, 0.3) is 0 Å². The van der Waals surface area contributed by atoms with Crippen molar-refractivity contribution in [2.24, 2.45) is 0 Å². The van der Waals surface area contributed by atoms with Gasteiger partial charge in [-0.1, -0.05) is 20.3 Å². The molecule has 0 heterocycles. The number of hydrogen-bond donors (Lipinski definition) is 3. The molecule has 10 nitrogen and oxygen atoms in total. The van der Waals surface area contributed by atoms with Gasteiger partial charge in [0.1, 0.15) is 13.2 Å². The van der Waals surface area contributed by atoms with Gasteiger partial charge in [0.2, 0.25) is 17.7 Å². The Kier molecular flexibility index (Phi) is 19.7. The van der Waals surface area contributed by atoms with Crippen molar-refractivity contribution in [3.63, 3.8) is 0 Å². The molecule has 0 aliphatic heterocycles. The molecule has 0 aromatic carbocycles. The van der Waals surface area contributed by atoms with Crippen molar-refractivity contribution in [3.05, 3.63) is 0 Å². The third kappa shape index (κ3) is 20.8. The largest absolute Gasteiger partial charge is 0.377 e. The second kappa shape index (κ2) is 21.0. The molecule has 3 amide bonds. The lowest BCUT2D eigenvalue weighted by atomic mass is 10.3. The summed E-state index contributed by atoms with van der Waals surface area (Å²) in [5, 5.41) is 8.12. The molecule has 0 spiro atoms. The Bertz CT molecular complexity index is 436. The third-order valence-electron chi connectivity index (χ3n) is 3.52. The fourth-order valence-corrected chi connectivity index (χ4v) is 1.93. The number of carbonyl (C=O) groups is 3. The van der Waals surface area contributed by atoms with Crippen LogP contribution in [-0.2, 0) is 33.3 Å². The Balaban J connectivity index is 3.28. The van der Waals surface area contributed by atoms with Crippen LogP contribution in [0.4, 0.5) is 0 Å². The molecule has 0 unspecified atom stereocenters. The highest BCUT2D eigenvalue weighted by molar-refractivity contribution is 5.77. The maximum Gasteiger partial charge on any atom is 0.246 e. The summed E-state index contributed by atoms with van der Waals surface area (Å²) in [4.78, 5) is 33.9. The molecular formula is C19H37N3O7. The first-order chi connectivity index (χ1) is 14.1.